The number of aromatic nitrogens is 1. The molecule has 0 saturated heterocycles. The molecule has 20 heavy (non-hydrogen) atoms. The number of carbonyl (C=O) groups excluding carboxylic acids is 1. The molecule has 0 bridgehead atoms. The van der Waals surface area contributed by atoms with Crippen LogP contribution >= 0.6 is 22.9 Å². The molecule has 1 atom stereocenters. The zero-order chi connectivity index (χ0) is 14.9. The van der Waals surface area contributed by atoms with Gasteiger partial charge < -0.3 is 0 Å². The Labute approximate surface area is 124 Å². The lowest BCUT2D eigenvalue weighted by Gasteiger charge is -2.10. The lowest BCUT2D eigenvalue weighted by Crippen LogP contribution is -2.13. The van der Waals surface area contributed by atoms with E-state index in [0.717, 1.165) is 5.01 Å². The standard InChI is InChI=1S/C14H10ClFN2OS/c1-7-14(20-8(2)18-7)13(19)9(6-17)12-10(15)4-3-5-11(12)16/h3-5,9H,1-2H3. The van der Waals surface area contributed by atoms with Crippen LogP contribution < -0.4 is 0 Å². The number of Topliss-reactive ketones (excluding diaryl/α,β-unsaturated/α-hetero) is 1. The highest BCUT2D eigenvalue weighted by Crippen LogP contribution is 2.32. The molecular formula is C14H10ClFN2OS. The molecule has 2 rings (SSSR count). The third kappa shape index (κ3) is 2.58. The zero-order valence-corrected chi connectivity index (χ0v) is 12.3. The minimum atomic E-state index is -1.26. The van der Waals surface area contributed by atoms with E-state index in [1.54, 1.807) is 13.8 Å². The van der Waals surface area contributed by atoms with Crippen LogP contribution in [0.5, 0.6) is 0 Å². The van der Waals surface area contributed by atoms with Gasteiger partial charge in [-0.15, -0.1) is 11.3 Å². The molecule has 0 aliphatic carbocycles. The van der Waals surface area contributed by atoms with Crippen molar-refractivity contribution in [2.24, 2.45) is 0 Å². The molecule has 0 saturated carbocycles. The van der Waals surface area contributed by atoms with Crippen molar-refractivity contribution >= 4 is 28.7 Å². The van der Waals surface area contributed by atoms with Gasteiger partial charge in [0.1, 0.15) is 11.7 Å². The first-order valence-corrected chi connectivity index (χ1v) is 6.97. The third-order valence-corrected chi connectivity index (χ3v) is 4.22. The van der Waals surface area contributed by atoms with E-state index in [-0.39, 0.29) is 10.6 Å². The maximum absolute atomic E-state index is 13.9. The smallest absolute Gasteiger partial charge is 0.196 e. The van der Waals surface area contributed by atoms with Crippen LogP contribution in [0.25, 0.3) is 0 Å². The maximum Gasteiger partial charge on any atom is 0.196 e. The number of nitriles is 1. The molecule has 3 nitrogen and oxygen atoms in total. The molecule has 0 amide bonds. The summed E-state index contributed by atoms with van der Waals surface area (Å²) in [6.07, 6.45) is 0. The number of thiazole rings is 1. The van der Waals surface area contributed by atoms with Gasteiger partial charge in [-0.2, -0.15) is 5.26 Å². The van der Waals surface area contributed by atoms with E-state index in [0.29, 0.717) is 10.6 Å². The Morgan fingerprint density at radius 1 is 1.50 bits per heavy atom. The Balaban J connectivity index is 2.51. The van der Waals surface area contributed by atoms with Crippen molar-refractivity contribution in [1.82, 2.24) is 4.98 Å². The highest BCUT2D eigenvalue weighted by atomic mass is 35.5. The fourth-order valence-electron chi connectivity index (χ4n) is 1.93. The Hall–Kier alpha value is -1.77. The van der Waals surface area contributed by atoms with Crippen molar-refractivity contribution in [3.05, 3.63) is 50.2 Å². The molecule has 1 aromatic carbocycles. The van der Waals surface area contributed by atoms with Gasteiger partial charge in [-0.3, -0.25) is 4.79 Å². The Bertz CT molecular complexity index is 700. The summed E-state index contributed by atoms with van der Waals surface area (Å²) in [5.74, 6) is -2.39. The summed E-state index contributed by atoms with van der Waals surface area (Å²) >= 11 is 7.12. The van der Waals surface area contributed by atoms with Crippen LogP contribution in [0.4, 0.5) is 4.39 Å². The number of rotatable bonds is 3. The highest BCUT2D eigenvalue weighted by Gasteiger charge is 2.29. The van der Waals surface area contributed by atoms with Crippen LogP contribution in [0.2, 0.25) is 5.02 Å². The minimum Gasteiger partial charge on any atom is -0.291 e. The van der Waals surface area contributed by atoms with E-state index in [1.807, 2.05) is 6.07 Å². The van der Waals surface area contributed by atoms with Gasteiger partial charge in [0.25, 0.3) is 0 Å². The zero-order valence-electron chi connectivity index (χ0n) is 10.8. The molecular weight excluding hydrogens is 299 g/mol. The van der Waals surface area contributed by atoms with E-state index >= 15 is 0 Å². The second-order valence-corrected chi connectivity index (χ2v) is 5.82. The number of benzene rings is 1. The fourth-order valence-corrected chi connectivity index (χ4v) is 3.09. The molecule has 1 heterocycles. The van der Waals surface area contributed by atoms with Crippen molar-refractivity contribution in [3.8, 4) is 6.07 Å². The number of hydrogen-bond acceptors (Lipinski definition) is 4. The normalized spacial score (nSPS) is 11.9. The van der Waals surface area contributed by atoms with Crippen LogP contribution in [-0.4, -0.2) is 10.8 Å². The molecule has 6 heteroatoms. The number of hydrogen-bond donors (Lipinski definition) is 0. The largest absolute Gasteiger partial charge is 0.291 e. The average molecular weight is 309 g/mol. The van der Waals surface area contributed by atoms with Gasteiger partial charge in [0.2, 0.25) is 0 Å². The summed E-state index contributed by atoms with van der Waals surface area (Å²) in [5.41, 5.74) is 0.470. The lowest BCUT2D eigenvalue weighted by atomic mass is 9.94. The first kappa shape index (κ1) is 14.6. The summed E-state index contributed by atoms with van der Waals surface area (Å²) in [4.78, 5) is 17.0. The summed E-state index contributed by atoms with van der Waals surface area (Å²) in [5, 5.41) is 10.0. The molecule has 2 aromatic rings. The predicted molar refractivity (Wildman–Crippen MR) is 75.7 cm³/mol. The average Bonchev–Trinajstić information content (AvgIpc) is 2.72. The van der Waals surface area contributed by atoms with Gasteiger partial charge >= 0.3 is 0 Å². The van der Waals surface area contributed by atoms with Gasteiger partial charge in [0, 0.05) is 10.6 Å². The molecule has 1 unspecified atom stereocenters. The molecule has 0 spiro atoms. The summed E-state index contributed by atoms with van der Waals surface area (Å²) in [6.45, 7) is 3.46. The SMILES string of the molecule is Cc1nc(C)c(C(=O)C(C#N)c2c(F)cccc2Cl)s1. The molecule has 102 valence electrons. The minimum absolute atomic E-state index is 0.0730. The molecule has 0 N–H and O–H groups in total. The Morgan fingerprint density at radius 2 is 2.20 bits per heavy atom. The molecule has 0 aliphatic heterocycles. The van der Waals surface area contributed by atoms with E-state index in [1.165, 1.54) is 29.5 Å². The molecule has 0 radical (unpaired) electrons. The number of halogens is 2. The maximum atomic E-state index is 13.9. The Kier molecular flexibility index (Phi) is 4.17. The van der Waals surface area contributed by atoms with Crippen LogP contribution in [0.1, 0.15) is 31.9 Å². The summed E-state index contributed by atoms with van der Waals surface area (Å²) in [6, 6.07) is 5.92. The van der Waals surface area contributed by atoms with Crippen LogP contribution in [0.3, 0.4) is 0 Å². The van der Waals surface area contributed by atoms with E-state index < -0.39 is 17.5 Å². The molecule has 0 aliphatic rings. The number of aryl methyl sites for hydroxylation is 2. The highest BCUT2D eigenvalue weighted by molar-refractivity contribution is 7.13. The van der Waals surface area contributed by atoms with Gasteiger partial charge in [-0.1, -0.05) is 17.7 Å². The fraction of sp³-hybridized carbons (Fsp3) is 0.214. The molecule has 1 aromatic heterocycles. The van der Waals surface area contributed by atoms with Gasteiger partial charge in [-0.25, -0.2) is 9.37 Å². The van der Waals surface area contributed by atoms with Crippen molar-refractivity contribution in [2.75, 3.05) is 0 Å². The van der Waals surface area contributed by atoms with Crippen LogP contribution in [-0.2, 0) is 0 Å². The quantitative estimate of drug-likeness (QED) is 0.804. The van der Waals surface area contributed by atoms with Crippen LogP contribution in [0.15, 0.2) is 18.2 Å². The monoisotopic (exact) mass is 308 g/mol. The number of nitrogens with zero attached hydrogens (tertiary/aromatic N) is 2. The van der Waals surface area contributed by atoms with Gasteiger partial charge in [0.15, 0.2) is 5.78 Å². The van der Waals surface area contributed by atoms with Crippen molar-refractivity contribution in [1.29, 1.82) is 5.26 Å². The lowest BCUT2D eigenvalue weighted by molar-refractivity contribution is 0.0980. The summed E-state index contributed by atoms with van der Waals surface area (Å²) in [7, 11) is 0. The van der Waals surface area contributed by atoms with E-state index in [2.05, 4.69) is 4.98 Å². The van der Waals surface area contributed by atoms with Crippen molar-refractivity contribution in [3.63, 3.8) is 0 Å². The van der Waals surface area contributed by atoms with Crippen LogP contribution in [0, 0.1) is 31.0 Å². The first-order valence-electron chi connectivity index (χ1n) is 5.77. The topological polar surface area (TPSA) is 53.8 Å². The number of ketones is 1. The summed E-state index contributed by atoms with van der Waals surface area (Å²) < 4.78 is 13.9. The first-order chi connectivity index (χ1) is 9.45. The third-order valence-electron chi connectivity index (χ3n) is 2.81. The molecule has 0 fully saturated rings. The van der Waals surface area contributed by atoms with Gasteiger partial charge in [-0.05, 0) is 26.0 Å². The van der Waals surface area contributed by atoms with E-state index in [4.69, 9.17) is 11.6 Å². The van der Waals surface area contributed by atoms with Crippen molar-refractivity contribution < 1.29 is 9.18 Å². The Morgan fingerprint density at radius 3 is 2.70 bits per heavy atom. The second kappa shape index (κ2) is 5.70. The van der Waals surface area contributed by atoms with Gasteiger partial charge in [0.05, 0.1) is 21.6 Å². The second-order valence-electron chi connectivity index (χ2n) is 4.21. The van der Waals surface area contributed by atoms with E-state index in [9.17, 15) is 14.4 Å². The van der Waals surface area contributed by atoms with Crippen molar-refractivity contribution in [2.45, 2.75) is 19.8 Å². The predicted octanol–water partition coefficient (Wildman–Crippen LogP) is 4.04. The number of carbonyl (C=O) groups is 1.